The van der Waals surface area contributed by atoms with E-state index in [2.05, 4.69) is 20.5 Å². The number of hydrogen-bond acceptors (Lipinski definition) is 4. The first-order valence-corrected chi connectivity index (χ1v) is 7.04. The molecule has 7 heteroatoms. The monoisotopic (exact) mass is 308 g/mol. The maximum Gasteiger partial charge on any atom is 0.261 e. The van der Waals surface area contributed by atoms with Crippen molar-refractivity contribution in [1.29, 1.82) is 0 Å². The predicted octanol–water partition coefficient (Wildman–Crippen LogP) is 2.24. The summed E-state index contributed by atoms with van der Waals surface area (Å²) in [6.07, 6.45) is -0.0747. The van der Waals surface area contributed by atoms with E-state index >= 15 is 0 Å². The van der Waals surface area contributed by atoms with Crippen LogP contribution in [-0.2, 0) is 11.3 Å². The Bertz CT molecular complexity index is 615. The fraction of sp³-hybridized carbons (Fsp3) is 0.357. The van der Waals surface area contributed by atoms with Gasteiger partial charge in [0.25, 0.3) is 5.91 Å². The molecule has 1 atom stereocenters. The number of hydrogen-bond donors (Lipinski definition) is 2. The van der Waals surface area contributed by atoms with Crippen molar-refractivity contribution >= 4 is 17.5 Å². The second-order valence-electron chi connectivity index (χ2n) is 4.50. The quantitative estimate of drug-likeness (QED) is 0.857. The van der Waals surface area contributed by atoms with Gasteiger partial charge in [-0.05, 0) is 25.5 Å². The van der Waals surface area contributed by atoms with Crippen molar-refractivity contribution in [3.63, 3.8) is 0 Å². The number of aromatic amines is 1. The molecule has 0 unspecified atom stereocenters. The average molecular weight is 309 g/mol. The zero-order valence-electron chi connectivity index (χ0n) is 11.9. The molecule has 0 fully saturated rings. The minimum Gasteiger partial charge on any atom is -0.479 e. The maximum atomic E-state index is 12.1. The molecule has 0 saturated heterocycles. The molecule has 0 aliphatic rings. The van der Waals surface area contributed by atoms with E-state index in [0.29, 0.717) is 28.8 Å². The SMILES string of the molecule is CC[C@H](Oc1ccccc1Cl)C(=O)NCc1n[nH]c(C)n1. The van der Waals surface area contributed by atoms with Crippen molar-refractivity contribution in [3.8, 4) is 5.75 Å². The van der Waals surface area contributed by atoms with E-state index < -0.39 is 6.10 Å². The molecule has 21 heavy (non-hydrogen) atoms. The van der Waals surface area contributed by atoms with Crippen LogP contribution in [0.5, 0.6) is 5.75 Å². The highest BCUT2D eigenvalue weighted by Crippen LogP contribution is 2.24. The number of halogens is 1. The molecule has 1 aromatic heterocycles. The lowest BCUT2D eigenvalue weighted by molar-refractivity contribution is -0.128. The number of amides is 1. The number of carbonyl (C=O) groups is 1. The summed E-state index contributed by atoms with van der Waals surface area (Å²) in [6.45, 7) is 3.93. The molecular weight excluding hydrogens is 292 g/mol. The van der Waals surface area contributed by atoms with Gasteiger partial charge in [0.15, 0.2) is 11.9 Å². The molecule has 0 aliphatic heterocycles. The topological polar surface area (TPSA) is 79.9 Å². The van der Waals surface area contributed by atoms with Crippen LogP contribution in [-0.4, -0.2) is 27.2 Å². The third-order valence-electron chi connectivity index (χ3n) is 2.83. The number of nitrogens with zero attached hydrogens (tertiary/aromatic N) is 2. The zero-order chi connectivity index (χ0) is 15.2. The summed E-state index contributed by atoms with van der Waals surface area (Å²) in [5.74, 6) is 1.52. The van der Waals surface area contributed by atoms with Gasteiger partial charge in [0.2, 0.25) is 0 Å². The molecule has 0 bridgehead atoms. The lowest BCUT2D eigenvalue weighted by Gasteiger charge is -2.17. The Morgan fingerprint density at radius 3 is 2.86 bits per heavy atom. The molecule has 0 radical (unpaired) electrons. The highest BCUT2D eigenvalue weighted by molar-refractivity contribution is 6.32. The van der Waals surface area contributed by atoms with Crippen LogP contribution in [0.3, 0.4) is 0 Å². The lowest BCUT2D eigenvalue weighted by Crippen LogP contribution is -2.37. The molecule has 1 amide bonds. The Labute approximate surface area is 127 Å². The smallest absolute Gasteiger partial charge is 0.261 e. The van der Waals surface area contributed by atoms with E-state index in [9.17, 15) is 4.79 Å². The first-order chi connectivity index (χ1) is 10.1. The van der Waals surface area contributed by atoms with Gasteiger partial charge in [-0.1, -0.05) is 30.7 Å². The average Bonchev–Trinajstić information content (AvgIpc) is 2.89. The molecule has 2 N–H and O–H groups in total. The van der Waals surface area contributed by atoms with Crippen LogP contribution < -0.4 is 10.1 Å². The van der Waals surface area contributed by atoms with Gasteiger partial charge in [-0.25, -0.2) is 4.98 Å². The predicted molar refractivity (Wildman–Crippen MR) is 79.1 cm³/mol. The standard InChI is InChI=1S/C14H17ClN4O2/c1-3-11(21-12-7-5-4-6-10(12)15)14(20)16-8-13-17-9(2)18-19-13/h4-7,11H,3,8H2,1-2H3,(H,16,20)(H,17,18,19)/t11-/m0/s1. The number of carbonyl (C=O) groups excluding carboxylic acids is 1. The van der Waals surface area contributed by atoms with Crippen LogP contribution in [0.25, 0.3) is 0 Å². The van der Waals surface area contributed by atoms with E-state index in [-0.39, 0.29) is 12.5 Å². The molecule has 0 aliphatic carbocycles. The van der Waals surface area contributed by atoms with Crippen LogP contribution in [0.15, 0.2) is 24.3 Å². The Balaban J connectivity index is 1.94. The van der Waals surface area contributed by atoms with E-state index in [4.69, 9.17) is 16.3 Å². The zero-order valence-corrected chi connectivity index (χ0v) is 12.6. The molecule has 1 heterocycles. The Morgan fingerprint density at radius 1 is 1.48 bits per heavy atom. The van der Waals surface area contributed by atoms with Gasteiger partial charge in [-0.2, -0.15) is 5.10 Å². The Kier molecular flexibility index (Phi) is 5.16. The molecular formula is C14H17ClN4O2. The molecule has 1 aromatic carbocycles. The first kappa shape index (κ1) is 15.3. The van der Waals surface area contributed by atoms with Crippen LogP contribution in [0, 0.1) is 6.92 Å². The fourth-order valence-corrected chi connectivity index (χ4v) is 1.94. The second-order valence-corrected chi connectivity index (χ2v) is 4.91. The first-order valence-electron chi connectivity index (χ1n) is 6.67. The summed E-state index contributed by atoms with van der Waals surface area (Å²) in [6, 6.07) is 7.07. The Morgan fingerprint density at radius 2 is 2.24 bits per heavy atom. The molecule has 0 saturated carbocycles. The van der Waals surface area contributed by atoms with Crippen LogP contribution in [0.4, 0.5) is 0 Å². The van der Waals surface area contributed by atoms with Gasteiger partial charge in [-0.15, -0.1) is 0 Å². The number of ether oxygens (including phenoxy) is 1. The fourth-order valence-electron chi connectivity index (χ4n) is 1.76. The number of aromatic nitrogens is 3. The molecule has 112 valence electrons. The number of aryl methyl sites for hydroxylation is 1. The number of rotatable bonds is 6. The summed E-state index contributed by atoms with van der Waals surface area (Å²) >= 11 is 6.02. The number of para-hydroxylation sites is 1. The van der Waals surface area contributed by atoms with Crippen molar-refractivity contribution in [2.75, 3.05) is 0 Å². The van der Waals surface area contributed by atoms with Crippen LogP contribution in [0.1, 0.15) is 25.0 Å². The number of benzene rings is 1. The molecule has 6 nitrogen and oxygen atoms in total. The normalized spacial score (nSPS) is 12.0. The summed E-state index contributed by atoms with van der Waals surface area (Å²) in [5.41, 5.74) is 0. The van der Waals surface area contributed by atoms with Gasteiger partial charge in [0.1, 0.15) is 11.6 Å². The largest absolute Gasteiger partial charge is 0.479 e. The van der Waals surface area contributed by atoms with E-state index in [1.807, 2.05) is 19.1 Å². The summed E-state index contributed by atoms with van der Waals surface area (Å²) in [7, 11) is 0. The number of H-pyrrole nitrogens is 1. The van der Waals surface area contributed by atoms with Crippen molar-refractivity contribution in [2.24, 2.45) is 0 Å². The summed E-state index contributed by atoms with van der Waals surface area (Å²) in [4.78, 5) is 16.2. The Hall–Kier alpha value is -2.08. The van der Waals surface area contributed by atoms with Crippen molar-refractivity contribution < 1.29 is 9.53 Å². The molecule has 2 rings (SSSR count). The van der Waals surface area contributed by atoms with Gasteiger partial charge < -0.3 is 10.1 Å². The molecule has 2 aromatic rings. The number of nitrogens with one attached hydrogen (secondary N) is 2. The second kappa shape index (κ2) is 7.08. The highest BCUT2D eigenvalue weighted by atomic mass is 35.5. The van der Waals surface area contributed by atoms with Gasteiger partial charge in [0.05, 0.1) is 11.6 Å². The van der Waals surface area contributed by atoms with E-state index in [1.54, 1.807) is 19.1 Å². The van der Waals surface area contributed by atoms with Crippen molar-refractivity contribution in [3.05, 3.63) is 40.9 Å². The van der Waals surface area contributed by atoms with E-state index in [0.717, 1.165) is 0 Å². The summed E-state index contributed by atoms with van der Waals surface area (Å²) in [5, 5.41) is 9.91. The molecule has 0 spiro atoms. The maximum absolute atomic E-state index is 12.1. The van der Waals surface area contributed by atoms with E-state index in [1.165, 1.54) is 0 Å². The van der Waals surface area contributed by atoms with Gasteiger partial charge in [0, 0.05) is 0 Å². The van der Waals surface area contributed by atoms with Gasteiger partial charge in [-0.3, -0.25) is 9.89 Å². The van der Waals surface area contributed by atoms with Crippen LogP contribution in [0.2, 0.25) is 5.02 Å². The summed E-state index contributed by atoms with van der Waals surface area (Å²) < 4.78 is 5.66. The lowest BCUT2D eigenvalue weighted by atomic mass is 10.2. The van der Waals surface area contributed by atoms with Crippen molar-refractivity contribution in [2.45, 2.75) is 32.9 Å². The third-order valence-corrected chi connectivity index (χ3v) is 3.15. The highest BCUT2D eigenvalue weighted by Gasteiger charge is 2.19. The van der Waals surface area contributed by atoms with Gasteiger partial charge >= 0.3 is 0 Å². The van der Waals surface area contributed by atoms with Crippen molar-refractivity contribution in [1.82, 2.24) is 20.5 Å². The minimum atomic E-state index is -0.607. The third kappa shape index (κ3) is 4.19. The van der Waals surface area contributed by atoms with Crippen LogP contribution >= 0.6 is 11.6 Å². The minimum absolute atomic E-state index is 0.222.